The second-order valence-corrected chi connectivity index (χ2v) is 7.00. The number of nitrogens with zero attached hydrogens (tertiary/aromatic N) is 2. The van der Waals surface area contributed by atoms with Crippen LogP contribution in [0.1, 0.15) is 30.3 Å². The van der Waals surface area contributed by atoms with Crippen LogP contribution in [-0.2, 0) is 16.1 Å². The van der Waals surface area contributed by atoms with E-state index in [1.165, 1.54) is 16.8 Å². The molecule has 0 aromatic carbocycles. The Labute approximate surface area is 111 Å². The lowest BCUT2D eigenvalue weighted by Crippen LogP contribution is -2.33. The summed E-state index contributed by atoms with van der Waals surface area (Å²) >= 11 is 0. The number of rotatable bonds is 4. The summed E-state index contributed by atoms with van der Waals surface area (Å²) in [5, 5.41) is 0. The number of aryl methyl sites for hydroxylation is 1. The maximum Gasteiger partial charge on any atom is 0.270 e. The number of hydrogen-bond acceptors (Lipinski definition) is 3. The van der Waals surface area contributed by atoms with Crippen molar-refractivity contribution in [2.45, 2.75) is 30.7 Å². The van der Waals surface area contributed by atoms with Crippen LogP contribution in [0, 0.1) is 0 Å². The topological polar surface area (TPSA) is 59.4 Å². The first-order chi connectivity index (χ1) is 8.34. The van der Waals surface area contributed by atoms with Crippen molar-refractivity contribution in [3.8, 4) is 0 Å². The van der Waals surface area contributed by atoms with Gasteiger partial charge < -0.3 is 9.47 Å². The highest BCUT2D eigenvalue weighted by atomic mass is 35.7. The number of carbonyl (C=O) groups excluding carboxylic acids is 1. The Hall–Kier alpha value is -1.01. The van der Waals surface area contributed by atoms with Gasteiger partial charge in [-0.15, -0.1) is 0 Å². The van der Waals surface area contributed by atoms with Gasteiger partial charge in [0.25, 0.3) is 15.0 Å². The monoisotopic (exact) mass is 290 g/mol. The number of aromatic nitrogens is 1. The lowest BCUT2D eigenvalue weighted by atomic mass is 10.3. The molecule has 5 nitrogen and oxygen atoms in total. The number of carbonyl (C=O) groups is 1. The smallest absolute Gasteiger partial charge is 0.270 e. The molecule has 0 bridgehead atoms. The van der Waals surface area contributed by atoms with Crippen LogP contribution in [-0.4, -0.2) is 36.4 Å². The van der Waals surface area contributed by atoms with E-state index in [9.17, 15) is 13.2 Å². The van der Waals surface area contributed by atoms with Gasteiger partial charge >= 0.3 is 0 Å². The summed E-state index contributed by atoms with van der Waals surface area (Å²) in [6, 6.07) is 1.63. The third-order valence-corrected chi connectivity index (χ3v) is 4.39. The van der Waals surface area contributed by atoms with Crippen molar-refractivity contribution in [2.75, 3.05) is 6.54 Å². The molecule has 100 valence electrons. The molecule has 1 aliphatic rings. The van der Waals surface area contributed by atoms with E-state index < -0.39 is 9.05 Å². The molecule has 1 aliphatic carbocycles. The number of halogens is 1. The van der Waals surface area contributed by atoms with Crippen molar-refractivity contribution < 1.29 is 13.2 Å². The first kappa shape index (κ1) is 13.4. The number of amides is 1. The molecule has 0 radical (unpaired) electrons. The van der Waals surface area contributed by atoms with E-state index in [2.05, 4.69) is 0 Å². The molecule has 18 heavy (non-hydrogen) atoms. The summed E-state index contributed by atoms with van der Waals surface area (Å²) in [5.74, 6) is -0.144. The minimum absolute atomic E-state index is 0.0399. The Morgan fingerprint density at radius 2 is 2.17 bits per heavy atom. The van der Waals surface area contributed by atoms with E-state index in [1.54, 1.807) is 11.9 Å². The van der Waals surface area contributed by atoms with Crippen molar-refractivity contribution in [1.82, 2.24) is 9.47 Å². The quantitative estimate of drug-likeness (QED) is 0.791. The van der Waals surface area contributed by atoms with Crippen LogP contribution >= 0.6 is 10.7 Å². The highest BCUT2D eigenvalue weighted by molar-refractivity contribution is 8.13. The molecular formula is C11H15ClN2O3S. The van der Waals surface area contributed by atoms with Crippen molar-refractivity contribution in [2.24, 2.45) is 7.05 Å². The van der Waals surface area contributed by atoms with Gasteiger partial charge in [-0.25, -0.2) is 8.42 Å². The van der Waals surface area contributed by atoms with Crippen LogP contribution in [0.2, 0.25) is 0 Å². The Balaban J connectivity index is 2.33. The minimum Gasteiger partial charge on any atom is -0.345 e. The van der Waals surface area contributed by atoms with E-state index in [1.807, 2.05) is 6.92 Å². The highest BCUT2D eigenvalue weighted by Crippen LogP contribution is 2.28. The summed E-state index contributed by atoms with van der Waals surface area (Å²) in [6.45, 7) is 2.54. The zero-order chi connectivity index (χ0) is 13.5. The standard InChI is InChI=1S/C11H15ClN2O3S/c1-3-14(8-4-5-8)11(15)10-6-9(7-13(10)2)18(12,16)17/h6-8H,3-5H2,1-2H3. The molecule has 0 atom stereocenters. The molecule has 0 N–H and O–H groups in total. The van der Waals surface area contributed by atoms with Gasteiger partial charge in [0, 0.05) is 36.5 Å². The first-order valence-electron chi connectivity index (χ1n) is 5.76. The van der Waals surface area contributed by atoms with Crippen LogP contribution in [0.25, 0.3) is 0 Å². The summed E-state index contributed by atoms with van der Waals surface area (Å²) in [6.07, 6.45) is 3.39. The van der Waals surface area contributed by atoms with E-state index in [-0.39, 0.29) is 10.8 Å². The molecule has 0 saturated heterocycles. The van der Waals surface area contributed by atoms with Crippen LogP contribution in [0.15, 0.2) is 17.2 Å². The molecule has 1 aromatic rings. The summed E-state index contributed by atoms with van der Waals surface area (Å²) in [7, 11) is 3.11. The summed E-state index contributed by atoms with van der Waals surface area (Å²) < 4.78 is 24.0. The lowest BCUT2D eigenvalue weighted by Gasteiger charge is -2.20. The predicted molar refractivity (Wildman–Crippen MR) is 68.2 cm³/mol. The SMILES string of the molecule is CCN(C(=O)c1cc(S(=O)(=O)Cl)cn1C)C1CC1. The average Bonchev–Trinajstić information content (AvgIpc) is 3.00. The fourth-order valence-electron chi connectivity index (χ4n) is 1.98. The zero-order valence-corrected chi connectivity index (χ0v) is 11.8. The second kappa shape index (κ2) is 4.59. The van der Waals surface area contributed by atoms with Gasteiger partial charge in [-0.05, 0) is 25.8 Å². The Morgan fingerprint density at radius 3 is 2.56 bits per heavy atom. The summed E-state index contributed by atoms with van der Waals surface area (Å²) in [5.41, 5.74) is 0.350. The van der Waals surface area contributed by atoms with E-state index >= 15 is 0 Å². The third kappa shape index (κ3) is 2.54. The summed E-state index contributed by atoms with van der Waals surface area (Å²) in [4.78, 5) is 14.0. The number of hydrogen-bond donors (Lipinski definition) is 0. The minimum atomic E-state index is -3.79. The van der Waals surface area contributed by atoms with Gasteiger partial charge in [0.1, 0.15) is 10.6 Å². The first-order valence-corrected chi connectivity index (χ1v) is 8.07. The highest BCUT2D eigenvalue weighted by Gasteiger charge is 2.33. The molecule has 1 aromatic heterocycles. The second-order valence-electron chi connectivity index (χ2n) is 4.43. The van der Waals surface area contributed by atoms with Crippen molar-refractivity contribution in [3.63, 3.8) is 0 Å². The van der Waals surface area contributed by atoms with E-state index in [4.69, 9.17) is 10.7 Å². The Kier molecular flexibility index (Phi) is 3.42. The van der Waals surface area contributed by atoms with Crippen molar-refractivity contribution >= 4 is 25.6 Å². The average molecular weight is 291 g/mol. The van der Waals surface area contributed by atoms with Crippen LogP contribution in [0.4, 0.5) is 0 Å². The molecule has 1 heterocycles. The van der Waals surface area contributed by atoms with Crippen LogP contribution < -0.4 is 0 Å². The molecule has 1 fully saturated rings. The molecule has 0 aliphatic heterocycles. The van der Waals surface area contributed by atoms with Crippen LogP contribution in [0.3, 0.4) is 0 Å². The Morgan fingerprint density at radius 1 is 1.56 bits per heavy atom. The molecule has 1 amide bonds. The van der Waals surface area contributed by atoms with Crippen LogP contribution in [0.5, 0.6) is 0 Å². The molecular weight excluding hydrogens is 276 g/mol. The van der Waals surface area contributed by atoms with Gasteiger partial charge in [0.15, 0.2) is 0 Å². The maximum atomic E-state index is 12.3. The molecule has 7 heteroatoms. The fourth-order valence-corrected chi connectivity index (χ4v) is 2.77. The van der Waals surface area contributed by atoms with E-state index in [0.717, 1.165) is 12.8 Å². The van der Waals surface area contributed by atoms with Crippen molar-refractivity contribution in [1.29, 1.82) is 0 Å². The fraction of sp³-hybridized carbons (Fsp3) is 0.545. The van der Waals surface area contributed by atoms with Gasteiger partial charge in [-0.1, -0.05) is 0 Å². The predicted octanol–water partition coefficient (Wildman–Crippen LogP) is 1.58. The van der Waals surface area contributed by atoms with Gasteiger partial charge in [0.05, 0.1) is 0 Å². The zero-order valence-electron chi connectivity index (χ0n) is 10.3. The van der Waals surface area contributed by atoms with Gasteiger partial charge in [-0.2, -0.15) is 0 Å². The molecule has 1 saturated carbocycles. The molecule has 0 unspecified atom stereocenters. The van der Waals surface area contributed by atoms with Crippen molar-refractivity contribution in [3.05, 3.63) is 18.0 Å². The van der Waals surface area contributed by atoms with Gasteiger partial charge in [-0.3, -0.25) is 4.79 Å². The van der Waals surface area contributed by atoms with E-state index in [0.29, 0.717) is 18.3 Å². The van der Waals surface area contributed by atoms with Gasteiger partial charge in [0.2, 0.25) is 0 Å². The molecule has 0 spiro atoms. The lowest BCUT2D eigenvalue weighted by molar-refractivity contribution is 0.0743. The normalized spacial score (nSPS) is 15.7. The largest absolute Gasteiger partial charge is 0.345 e. The Bertz CT molecular complexity index is 575. The molecule has 2 rings (SSSR count). The third-order valence-electron chi connectivity index (χ3n) is 3.07. The maximum absolute atomic E-state index is 12.3.